The Bertz CT molecular complexity index is 948. The number of carbonyl (C=O) groups is 2. The van der Waals surface area contributed by atoms with Crippen molar-refractivity contribution < 1.29 is 14.0 Å². The molecule has 0 bridgehead atoms. The van der Waals surface area contributed by atoms with Crippen LogP contribution in [0.5, 0.6) is 0 Å². The van der Waals surface area contributed by atoms with Gasteiger partial charge in [0.2, 0.25) is 5.89 Å². The molecule has 0 saturated carbocycles. The van der Waals surface area contributed by atoms with Crippen molar-refractivity contribution in [2.24, 2.45) is 5.73 Å². The van der Waals surface area contributed by atoms with Gasteiger partial charge in [-0.1, -0.05) is 11.6 Å². The second kappa shape index (κ2) is 6.73. The van der Waals surface area contributed by atoms with Crippen LogP contribution < -0.4 is 11.1 Å². The van der Waals surface area contributed by atoms with E-state index in [0.29, 0.717) is 12.1 Å². The van der Waals surface area contributed by atoms with E-state index in [-0.39, 0.29) is 28.1 Å². The number of aromatic nitrogens is 4. The predicted octanol–water partition coefficient (Wildman–Crippen LogP) is 1.96. The summed E-state index contributed by atoms with van der Waals surface area (Å²) in [6.07, 6.45) is 4.22. The van der Waals surface area contributed by atoms with Crippen LogP contribution in [0.2, 0.25) is 5.15 Å². The molecule has 0 aliphatic rings. The van der Waals surface area contributed by atoms with E-state index in [2.05, 4.69) is 20.4 Å². The Morgan fingerprint density at radius 3 is 2.92 bits per heavy atom. The van der Waals surface area contributed by atoms with Gasteiger partial charge in [-0.25, -0.2) is 9.97 Å². The molecule has 3 N–H and O–H groups in total. The summed E-state index contributed by atoms with van der Waals surface area (Å²) in [5, 5.41) is 6.83. The number of hydrogen-bond donors (Lipinski definition) is 2. The molecular weight excluding hydrogens is 348 g/mol. The quantitative estimate of drug-likeness (QED) is 0.669. The topological polar surface area (TPSA) is 129 Å². The molecule has 0 aliphatic carbocycles. The second-order valence-corrected chi connectivity index (χ2v) is 5.36. The van der Waals surface area contributed by atoms with Crippen LogP contribution in [-0.2, 0) is 6.54 Å². The molecule has 0 fully saturated rings. The summed E-state index contributed by atoms with van der Waals surface area (Å²) < 4.78 is 6.79. The number of rotatable bonds is 5. The Hall–Kier alpha value is -3.20. The number of pyridine rings is 1. The smallest absolute Gasteiger partial charge is 0.277 e. The lowest BCUT2D eigenvalue weighted by Gasteiger charge is -2.00. The van der Waals surface area contributed by atoms with Crippen LogP contribution in [0.3, 0.4) is 0 Å². The van der Waals surface area contributed by atoms with Crippen molar-refractivity contribution >= 4 is 29.1 Å². The summed E-state index contributed by atoms with van der Waals surface area (Å²) in [7, 11) is 0. The fourth-order valence-corrected chi connectivity index (χ4v) is 2.26. The fourth-order valence-electron chi connectivity index (χ4n) is 2.09. The second-order valence-electron chi connectivity index (χ2n) is 4.97. The molecule has 0 aliphatic heterocycles. The van der Waals surface area contributed by atoms with E-state index in [1.807, 2.05) is 6.92 Å². The van der Waals surface area contributed by atoms with Gasteiger partial charge in [0.25, 0.3) is 11.8 Å². The first kappa shape index (κ1) is 16.7. The first-order valence-electron chi connectivity index (χ1n) is 7.24. The number of nitrogens with one attached hydrogen (secondary N) is 1. The standard InChI is InChI=1S/C15H13ClN6O3/c1-2-22-6-9(12(21-22)13(17)23)19-14(24)10-7-25-15(20-10)8-3-4-18-11(16)5-8/h3-7H,2H2,1H3,(H2,17,23)(H,19,24). The van der Waals surface area contributed by atoms with Crippen LogP contribution in [0.15, 0.2) is 35.2 Å². The first-order chi connectivity index (χ1) is 12.0. The van der Waals surface area contributed by atoms with Crippen LogP contribution in [0.4, 0.5) is 5.69 Å². The predicted molar refractivity (Wildman–Crippen MR) is 89.1 cm³/mol. The average Bonchev–Trinajstić information content (AvgIpc) is 3.21. The van der Waals surface area contributed by atoms with E-state index >= 15 is 0 Å². The highest BCUT2D eigenvalue weighted by Crippen LogP contribution is 2.21. The van der Waals surface area contributed by atoms with E-state index < -0.39 is 11.8 Å². The van der Waals surface area contributed by atoms with Gasteiger partial charge in [-0.3, -0.25) is 14.3 Å². The lowest BCUT2D eigenvalue weighted by molar-refractivity contribution is 0.0995. The van der Waals surface area contributed by atoms with E-state index in [0.717, 1.165) is 0 Å². The molecule has 3 rings (SSSR count). The van der Waals surface area contributed by atoms with Gasteiger partial charge in [0, 0.05) is 24.5 Å². The number of anilines is 1. The van der Waals surface area contributed by atoms with Crippen molar-refractivity contribution in [3.8, 4) is 11.5 Å². The Balaban J connectivity index is 1.83. The number of primary amides is 1. The summed E-state index contributed by atoms with van der Waals surface area (Å²) in [5.41, 5.74) is 6.06. The Morgan fingerprint density at radius 2 is 2.24 bits per heavy atom. The van der Waals surface area contributed by atoms with Crippen LogP contribution in [0, 0.1) is 0 Å². The SMILES string of the molecule is CCn1cc(NC(=O)c2coc(-c3ccnc(Cl)c3)n2)c(C(N)=O)n1. The zero-order chi connectivity index (χ0) is 18.0. The minimum Gasteiger partial charge on any atom is -0.444 e. The Morgan fingerprint density at radius 1 is 1.44 bits per heavy atom. The number of carbonyl (C=O) groups excluding carboxylic acids is 2. The molecule has 3 aromatic rings. The molecule has 128 valence electrons. The van der Waals surface area contributed by atoms with Gasteiger partial charge in [-0.05, 0) is 19.1 Å². The molecule has 25 heavy (non-hydrogen) atoms. The van der Waals surface area contributed by atoms with E-state index in [4.69, 9.17) is 21.8 Å². The zero-order valence-corrected chi connectivity index (χ0v) is 13.8. The summed E-state index contributed by atoms with van der Waals surface area (Å²) in [5.74, 6) is -1.09. The number of aryl methyl sites for hydroxylation is 1. The van der Waals surface area contributed by atoms with Crippen LogP contribution in [0.25, 0.3) is 11.5 Å². The highest BCUT2D eigenvalue weighted by molar-refractivity contribution is 6.29. The molecule has 10 heteroatoms. The Labute approximate surface area is 146 Å². The first-order valence-corrected chi connectivity index (χ1v) is 7.61. The molecule has 3 aromatic heterocycles. The van der Waals surface area contributed by atoms with E-state index in [1.54, 1.807) is 12.1 Å². The number of amides is 2. The summed E-state index contributed by atoms with van der Waals surface area (Å²) in [6.45, 7) is 2.36. The minimum atomic E-state index is -0.741. The van der Waals surface area contributed by atoms with Crippen molar-refractivity contribution in [3.05, 3.63) is 47.3 Å². The van der Waals surface area contributed by atoms with Crippen molar-refractivity contribution in [2.45, 2.75) is 13.5 Å². The maximum atomic E-state index is 12.3. The summed E-state index contributed by atoms with van der Waals surface area (Å²) >= 11 is 5.82. The summed E-state index contributed by atoms with van der Waals surface area (Å²) in [4.78, 5) is 31.7. The Kier molecular flexibility index (Phi) is 4.48. The number of hydrogen-bond acceptors (Lipinski definition) is 6. The molecule has 0 radical (unpaired) electrons. The van der Waals surface area contributed by atoms with Crippen molar-refractivity contribution in [1.82, 2.24) is 19.7 Å². The van der Waals surface area contributed by atoms with Gasteiger partial charge < -0.3 is 15.5 Å². The highest BCUT2D eigenvalue weighted by Gasteiger charge is 2.19. The molecule has 9 nitrogen and oxygen atoms in total. The lowest BCUT2D eigenvalue weighted by Crippen LogP contribution is -2.18. The number of nitrogens with zero attached hydrogens (tertiary/aromatic N) is 4. The van der Waals surface area contributed by atoms with Gasteiger partial charge in [-0.15, -0.1) is 0 Å². The molecule has 2 amide bonds. The zero-order valence-electron chi connectivity index (χ0n) is 13.1. The molecule has 3 heterocycles. The van der Waals surface area contributed by atoms with Gasteiger partial charge in [0.15, 0.2) is 11.4 Å². The van der Waals surface area contributed by atoms with E-state index in [9.17, 15) is 9.59 Å². The van der Waals surface area contributed by atoms with Gasteiger partial charge in [0.1, 0.15) is 11.4 Å². The molecule has 0 saturated heterocycles. The lowest BCUT2D eigenvalue weighted by atomic mass is 10.3. The van der Waals surface area contributed by atoms with Crippen LogP contribution in [0.1, 0.15) is 27.9 Å². The maximum Gasteiger partial charge on any atom is 0.277 e. The van der Waals surface area contributed by atoms with Gasteiger partial charge in [0.05, 0.1) is 5.69 Å². The largest absolute Gasteiger partial charge is 0.444 e. The maximum absolute atomic E-state index is 12.3. The van der Waals surface area contributed by atoms with Crippen molar-refractivity contribution in [3.63, 3.8) is 0 Å². The number of oxazole rings is 1. The van der Waals surface area contributed by atoms with Gasteiger partial charge in [-0.2, -0.15) is 5.10 Å². The normalized spacial score (nSPS) is 10.6. The van der Waals surface area contributed by atoms with Crippen LogP contribution >= 0.6 is 11.6 Å². The van der Waals surface area contributed by atoms with Crippen molar-refractivity contribution in [1.29, 1.82) is 0 Å². The number of nitrogens with two attached hydrogens (primary N) is 1. The average molecular weight is 361 g/mol. The molecule has 0 spiro atoms. The van der Waals surface area contributed by atoms with Gasteiger partial charge >= 0.3 is 0 Å². The molecule has 0 atom stereocenters. The highest BCUT2D eigenvalue weighted by atomic mass is 35.5. The monoisotopic (exact) mass is 360 g/mol. The fraction of sp³-hybridized carbons (Fsp3) is 0.133. The van der Waals surface area contributed by atoms with Crippen LogP contribution in [-0.4, -0.2) is 31.6 Å². The minimum absolute atomic E-state index is 0.0279. The third kappa shape index (κ3) is 3.50. The number of halogens is 1. The third-order valence-corrected chi connectivity index (χ3v) is 3.48. The summed E-state index contributed by atoms with van der Waals surface area (Å²) in [6, 6.07) is 3.21. The third-order valence-electron chi connectivity index (χ3n) is 3.28. The van der Waals surface area contributed by atoms with E-state index in [1.165, 1.54) is 23.3 Å². The van der Waals surface area contributed by atoms with Crippen molar-refractivity contribution in [2.75, 3.05) is 5.32 Å². The molecular formula is C15H13ClN6O3. The molecule has 0 unspecified atom stereocenters. The molecule has 0 aromatic carbocycles.